The Balaban J connectivity index is 2.30. The van der Waals surface area contributed by atoms with Crippen molar-refractivity contribution < 1.29 is 9.53 Å². The van der Waals surface area contributed by atoms with Gasteiger partial charge in [0.1, 0.15) is 0 Å². The van der Waals surface area contributed by atoms with Crippen LogP contribution < -0.4 is 5.32 Å². The fraction of sp³-hybridized carbons (Fsp3) is 0.188. The predicted octanol–water partition coefficient (Wildman–Crippen LogP) is 3.30. The summed E-state index contributed by atoms with van der Waals surface area (Å²) in [5.41, 5.74) is 2.19. The Labute approximate surface area is 127 Å². The van der Waals surface area contributed by atoms with Crippen molar-refractivity contribution >= 4 is 21.9 Å². The molecule has 2 rings (SSSR count). The number of hydrogen-bond acceptors (Lipinski definition) is 3. The van der Waals surface area contributed by atoms with Crippen LogP contribution in [0.15, 0.2) is 59.1 Å². The lowest BCUT2D eigenvalue weighted by atomic mass is 9.99. The first-order chi connectivity index (χ1) is 9.72. The van der Waals surface area contributed by atoms with Crippen molar-refractivity contribution in [2.24, 2.45) is 0 Å². The fourth-order valence-corrected chi connectivity index (χ4v) is 2.53. The monoisotopic (exact) mass is 333 g/mol. The van der Waals surface area contributed by atoms with E-state index < -0.39 is 0 Å². The van der Waals surface area contributed by atoms with E-state index in [2.05, 4.69) is 26.0 Å². The molecule has 0 aliphatic rings. The van der Waals surface area contributed by atoms with Crippen molar-refractivity contribution in [3.8, 4) is 0 Å². The van der Waals surface area contributed by atoms with Gasteiger partial charge in [-0.15, -0.1) is 0 Å². The third-order valence-corrected chi connectivity index (χ3v) is 3.75. The molecule has 0 radical (unpaired) electrons. The third-order valence-electron chi connectivity index (χ3n) is 3.03. The van der Waals surface area contributed by atoms with Crippen LogP contribution in [0.3, 0.4) is 0 Å². The van der Waals surface area contributed by atoms with Gasteiger partial charge in [-0.2, -0.15) is 0 Å². The Morgan fingerprint density at radius 2 is 1.80 bits per heavy atom. The average molecular weight is 334 g/mol. The third kappa shape index (κ3) is 3.68. The van der Waals surface area contributed by atoms with Crippen LogP contribution in [0.1, 0.15) is 17.2 Å². The lowest BCUT2D eigenvalue weighted by molar-refractivity contribution is -0.139. The second-order valence-electron chi connectivity index (χ2n) is 4.32. The van der Waals surface area contributed by atoms with E-state index in [1.165, 1.54) is 7.11 Å². The first-order valence-electron chi connectivity index (χ1n) is 6.32. The molecule has 0 aliphatic heterocycles. The average Bonchev–Trinajstić information content (AvgIpc) is 2.50. The highest BCUT2D eigenvalue weighted by atomic mass is 79.9. The Kier molecular flexibility index (Phi) is 5.32. The van der Waals surface area contributed by atoms with Gasteiger partial charge in [-0.05, 0) is 17.2 Å². The standard InChI is InChI=1S/C16H16BrNO2/c1-20-15(19)11-18-16(12-7-3-2-4-8-12)13-9-5-6-10-14(13)17/h2-10,16,18H,11H2,1H3. The minimum atomic E-state index is -0.280. The number of carbonyl (C=O) groups excluding carboxylic acids is 1. The first-order valence-corrected chi connectivity index (χ1v) is 7.11. The summed E-state index contributed by atoms with van der Waals surface area (Å²) in [7, 11) is 1.39. The van der Waals surface area contributed by atoms with E-state index in [4.69, 9.17) is 0 Å². The predicted molar refractivity (Wildman–Crippen MR) is 82.4 cm³/mol. The summed E-state index contributed by atoms with van der Waals surface area (Å²) in [4.78, 5) is 11.4. The molecule has 1 unspecified atom stereocenters. The van der Waals surface area contributed by atoms with E-state index in [-0.39, 0.29) is 18.6 Å². The Hall–Kier alpha value is -1.65. The minimum Gasteiger partial charge on any atom is -0.468 e. The molecule has 0 amide bonds. The molecule has 2 aromatic carbocycles. The maximum atomic E-state index is 11.4. The number of carbonyl (C=O) groups is 1. The molecule has 3 nitrogen and oxygen atoms in total. The van der Waals surface area contributed by atoms with Gasteiger partial charge in [0.25, 0.3) is 0 Å². The molecule has 2 aromatic rings. The van der Waals surface area contributed by atoms with Gasteiger partial charge < -0.3 is 4.74 Å². The maximum absolute atomic E-state index is 11.4. The summed E-state index contributed by atoms with van der Waals surface area (Å²) in [6.45, 7) is 0.164. The van der Waals surface area contributed by atoms with E-state index in [9.17, 15) is 4.79 Å². The van der Waals surface area contributed by atoms with Gasteiger partial charge in [-0.3, -0.25) is 10.1 Å². The maximum Gasteiger partial charge on any atom is 0.319 e. The van der Waals surface area contributed by atoms with Crippen molar-refractivity contribution in [3.05, 3.63) is 70.2 Å². The molecule has 0 aliphatic carbocycles. The Morgan fingerprint density at radius 1 is 1.15 bits per heavy atom. The van der Waals surface area contributed by atoms with Crippen molar-refractivity contribution in [1.82, 2.24) is 5.32 Å². The largest absolute Gasteiger partial charge is 0.468 e. The quantitative estimate of drug-likeness (QED) is 0.853. The first kappa shape index (κ1) is 14.8. The van der Waals surface area contributed by atoms with Gasteiger partial charge in [0.05, 0.1) is 19.7 Å². The normalized spacial score (nSPS) is 11.9. The summed E-state index contributed by atoms with van der Waals surface area (Å²) >= 11 is 3.56. The lowest BCUT2D eigenvalue weighted by Gasteiger charge is -2.20. The van der Waals surface area contributed by atoms with Crippen LogP contribution in [-0.4, -0.2) is 19.6 Å². The van der Waals surface area contributed by atoms with Crippen LogP contribution >= 0.6 is 15.9 Å². The van der Waals surface area contributed by atoms with Crippen molar-refractivity contribution in [1.29, 1.82) is 0 Å². The second-order valence-corrected chi connectivity index (χ2v) is 5.18. The Bertz CT molecular complexity index is 572. The van der Waals surface area contributed by atoms with Crippen molar-refractivity contribution in [3.63, 3.8) is 0 Å². The number of ether oxygens (including phenoxy) is 1. The number of halogens is 1. The molecular formula is C16H16BrNO2. The molecule has 0 saturated heterocycles. The summed E-state index contributed by atoms with van der Waals surface area (Å²) in [6, 6.07) is 17.9. The van der Waals surface area contributed by atoms with Crippen LogP contribution in [-0.2, 0) is 9.53 Å². The number of rotatable bonds is 5. The van der Waals surface area contributed by atoms with Crippen LogP contribution in [0.25, 0.3) is 0 Å². The molecule has 0 fully saturated rings. The Morgan fingerprint density at radius 3 is 2.45 bits per heavy atom. The molecule has 20 heavy (non-hydrogen) atoms. The van der Waals surface area contributed by atoms with Crippen molar-refractivity contribution in [2.45, 2.75) is 6.04 Å². The van der Waals surface area contributed by atoms with E-state index in [0.29, 0.717) is 0 Å². The molecule has 0 heterocycles. The van der Waals surface area contributed by atoms with Gasteiger partial charge in [-0.1, -0.05) is 64.5 Å². The van der Waals surface area contributed by atoms with E-state index >= 15 is 0 Å². The summed E-state index contributed by atoms with van der Waals surface area (Å²) < 4.78 is 5.70. The van der Waals surface area contributed by atoms with Gasteiger partial charge in [-0.25, -0.2) is 0 Å². The van der Waals surface area contributed by atoms with Gasteiger partial charge >= 0.3 is 5.97 Å². The molecule has 104 valence electrons. The van der Waals surface area contributed by atoms with Crippen LogP contribution in [0.5, 0.6) is 0 Å². The topological polar surface area (TPSA) is 38.3 Å². The van der Waals surface area contributed by atoms with E-state index in [1.807, 2.05) is 54.6 Å². The van der Waals surface area contributed by atoms with Gasteiger partial charge in [0, 0.05) is 4.47 Å². The molecule has 0 bridgehead atoms. The zero-order valence-electron chi connectivity index (χ0n) is 11.2. The zero-order valence-corrected chi connectivity index (χ0v) is 12.8. The van der Waals surface area contributed by atoms with E-state index in [0.717, 1.165) is 15.6 Å². The van der Waals surface area contributed by atoms with Crippen LogP contribution in [0.2, 0.25) is 0 Å². The highest BCUT2D eigenvalue weighted by Crippen LogP contribution is 2.28. The van der Waals surface area contributed by atoms with Crippen molar-refractivity contribution in [2.75, 3.05) is 13.7 Å². The zero-order chi connectivity index (χ0) is 14.4. The van der Waals surface area contributed by atoms with E-state index in [1.54, 1.807) is 0 Å². The summed E-state index contributed by atoms with van der Waals surface area (Å²) in [5.74, 6) is -0.280. The number of hydrogen-bond donors (Lipinski definition) is 1. The summed E-state index contributed by atoms with van der Waals surface area (Å²) in [6.07, 6.45) is 0. The minimum absolute atomic E-state index is 0.0640. The summed E-state index contributed by atoms with van der Waals surface area (Å²) in [5, 5.41) is 3.24. The van der Waals surface area contributed by atoms with Gasteiger partial charge in [0.2, 0.25) is 0 Å². The molecule has 0 spiro atoms. The number of benzene rings is 2. The lowest BCUT2D eigenvalue weighted by Crippen LogP contribution is -2.29. The molecule has 1 atom stereocenters. The highest BCUT2D eigenvalue weighted by Gasteiger charge is 2.17. The molecule has 0 saturated carbocycles. The molecule has 0 aromatic heterocycles. The smallest absolute Gasteiger partial charge is 0.319 e. The number of methoxy groups -OCH3 is 1. The second kappa shape index (κ2) is 7.22. The molecular weight excluding hydrogens is 318 g/mol. The highest BCUT2D eigenvalue weighted by molar-refractivity contribution is 9.10. The SMILES string of the molecule is COC(=O)CNC(c1ccccc1)c1ccccc1Br. The molecule has 1 N–H and O–H groups in total. The van der Waals surface area contributed by atoms with Crippen LogP contribution in [0.4, 0.5) is 0 Å². The number of nitrogens with one attached hydrogen (secondary N) is 1. The van der Waals surface area contributed by atoms with Crippen LogP contribution in [0, 0.1) is 0 Å². The van der Waals surface area contributed by atoms with Gasteiger partial charge in [0.15, 0.2) is 0 Å². The molecule has 4 heteroatoms. The number of esters is 1. The fourth-order valence-electron chi connectivity index (χ4n) is 2.02.